The third-order valence-corrected chi connectivity index (χ3v) is 2.45. The van der Waals surface area contributed by atoms with Crippen molar-refractivity contribution in [2.75, 3.05) is 0 Å². The van der Waals surface area contributed by atoms with Gasteiger partial charge in [-0.25, -0.2) is 0 Å². The molecule has 0 amide bonds. The number of rotatable bonds is 3. The Morgan fingerprint density at radius 3 is 1.65 bits per heavy atom. The fraction of sp³-hybridized carbons (Fsp3) is 0.652. The van der Waals surface area contributed by atoms with Gasteiger partial charge in [0, 0.05) is 0 Å². The maximum Gasteiger partial charge on any atom is -0.0259 e. The molecule has 1 atom stereocenters. The van der Waals surface area contributed by atoms with Gasteiger partial charge in [-0.2, -0.15) is 0 Å². The Hall–Kier alpha value is -1.04. The Bertz CT molecular complexity index is 208. The molecule has 0 nitrogen and oxygen atoms in total. The Labute approximate surface area is 150 Å². The predicted molar refractivity (Wildman–Crippen MR) is 116 cm³/mol. The van der Waals surface area contributed by atoms with Crippen molar-refractivity contribution < 1.29 is 0 Å². The first kappa shape index (κ1) is 33.5. The van der Waals surface area contributed by atoms with E-state index in [1.54, 1.807) is 6.08 Å². The minimum absolute atomic E-state index is 0.866. The molecule has 0 aliphatic heterocycles. The van der Waals surface area contributed by atoms with Crippen LogP contribution in [0.3, 0.4) is 0 Å². The Kier molecular flexibility index (Phi) is 62.5. The summed E-state index contributed by atoms with van der Waals surface area (Å²) in [6.07, 6.45) is 15.5. The molecule has 0 aromatic rings. The Balaban J connectivity index is -0.0000000607. The highest BCUT2D eigenvalue weighted by Crippen LogP contribution is 2.14. The molecule has 0 heteroatoms. The van der Waals surface area contributed by atoms with Gasteiger partial charge in [0.1, 0.15) is 0 Å². The molecule has 0 N–H and O–H groups in total. The number of hydrogen-bond donors (Lipinski definition) is 0. The van der Waals surface area contributed by atoms with Crippen molar-refractivity contribution in [1.29, 1.82) is 0 Å². The molecule has 0 saturated heterocycles. The second-order valence-electron chi connectivity index (χ2n) is 4.93. The molecule has 140 valence electrons. The van der Waals surface area contributed by atoms with E-state index in [2.05, 4.69) is 59.6 Å². The molecule has 0 fully saturated rings. The maximum atomic E-state index is 3.46. The van der Waals surface area contributed by atoms with Crippen LogP contribution in [0.4, 0.5) is 0 Å². The fourth-order valence-corrected chi connectivity index (χ4v) is 1.50. The van der Waals surface area contributed by atoms with Crippen molar-refractivity contribution in [2.45, 2.75) is 88.0 Å². The van der Waals surface area contributed by atoms with Gasteiger partial charge in [0.25, 0.3) is 0 Å². The molecular formula is C23H48. The van der Waals surface area contributed by atoms with Crippen molar-refractivity contribution in [3.63, 3.8) is 0 Å². The summed E-state index contributed by atoms with van der Waals surface area (Å²) in [7, 11) is 0. The smallest absolute Gasteiger partial charge is 0.0259 e. The maximum absolute atomic E-state index is 3.46. The highest BCUT2D eigenvalue weighted by molar-refractivity contribution is 4.94. The van der Waals surface area contributed by atoms with Crippen molar-refractivity contribution in [3.05, 3.63) is 50.1 Å². The van der Waals surface area contributed by atoms with E-state index in [1.807, 2.05) is 46.8 Å². The summed E-state index contributed by atoms with van der Waals surface area (Å²) in [4.78, 5) is 0. The van der Waals surface area contributed by atoms with E-state index in [9.17, 15) is 0 Å². The van der Waals surface area contributed by atoms with E-state index in [1.165, 1.54) is 25.7 Å². The summed E-state index contributed by atoms with van der Waals surface area (Å²) in [5, 5.41) is 0. The summed E-state index contributed by atoms with van der Waals surface area (Å²) in [6.45, 7) is 28.4. The third-order valence-electron chi connectivity index (χ3n) is 2.45. The molecule has 0 spiro atoms. The summed E-state index contributed by atoms with van der Waals surface area (Å²) in [6, 6.07) is 0. The van der Waals surface area contributed by atoms with Crippen LogP contribution in [-0.2, 0) is 0 Å². The second kappa shape index (κ2) is 42.8. The molecule has 0 heterocycles. The van der Waals surface area contributed by atoms with Gasteiger partial charge in [-0.3, -0.25) is 0 Å². The minimum atomic E-state index is 0.866. The summed E-state index contributed by atoms with van der Waals surface area (Å²) in [5.74, 6) is 1.76. The van der Waals surface area contributed by atoms with Gasteiger partial charge in [-0.05, 0) is 31.6 Å². The van der Waals surface area contributed by atoms with Crippen LogP contribution < -0.4 is 0 Å². The standard InChI is InChI=1S/C6H10.C6H14.C5H8.2C2H6.C2H4/c1-6-4-2-3-5-6;1-4-5-6(2)3;1-3-5-4-2;3*1-2/h2,4,6H,3,5H2,1H3;6H,4-5H2,1-3H3;3-5H,1H2,2H3;2*1-2H3;1-2H2/b;;5-4-;;;. The zero-order valence-corrected chi connectivity index (χ0v) is 18.0. The van der Waals surface area contributed by atoms with Crippen LogP contribution in [0.1, 0.15) is 88.0 Å². The van der Waals surface area contributed by atoms with Gasteiger partial charge in [0.2, 0.25) is 0 Å². The van der Waals surface area contributed by atoms with E-state index in [4.69, 9.17) is 0 Å². The molecule has 23 heavy (non-hydrogen) atoms. The van der Waals surface area contributed by atoms with Crippen LogP contribution in [0.5, 0.6) is 0 Å². The van der Waals surface area contributed by atoms with Crippen molar-refractivity contribution >= 4 is 0 Å². The van der Waals surface area contributed by atoms with Gasteiger partial charge in [0.15, 0.2) is 0 Å². The molecular weight excluding hydrogens is 276 g/mol. The van der Waals surface area contributed by atoms with Crippen LogP contribution in [0.2, 0.25) is 0 Å². The molecule has 1 rings (SSSR count). The highest BCUT2D eigenvalue weighted by Gasteiger charge is 1.98. The topological polar surface area (TPSA) is 0 Å². The van der Waals surface area contributed by atoms with Gasteiger partial charge in [-0.15, -0.1) is 13.2 Å². The van der Waals surface area contributed by atoms with Crippen LogP contribution in [0.25, 0.3) is 0 Å². The minimum Gasteiger partial charge on any atom is -0.106 e. The van der Waals surface area contributed by atoms with Crippen molar-refractivity contribution in [2.24, 2.45) is 11.8 Å². The summed E-state index contributed by atoms with van der Waals surface area (Å²) < 4.78 is 0. The molecule has 1 unspecified atom stereocenters. The summed E-state index contributed by atoms with van der Waals surface area (Å²) in [5.41, 5.74) is 0. The summed E-state index contributed by atoms with van der Waals surface area (Å²) >= 11 is 0. The molecule has 0 radical (unpaired) electrons. The van der Waals surface area contributed by atoms with E-state index >= 15 is 0 Å². The van der Waals surface area contributed by atoms with E-state index in [0.29, 0.717) is 0 Å². The number of hydrogen-bond acceptors (Lipinski definition) is 0. The average Bonchev–Trinajstić information content (AvgIpc) is 3.06. The predicted octanol–water partition coefficient (Wildman–Crippen LogP) is 9.02. The van der Waals surface area contributed by atoms with Crippen molar-refractivity contribution in [1.82, 2.24) is 0 Å². The lowest BCUT2D eigenvalue weighted by atomic mass is 10.1. The zero-order valence-electron chi connectivity index (χ0n) is 18.0. The van der Waals surface area contributed by atoms with E-state index in [0.717, 1.165) is 11.8 Å². The second-order valence-corrected chi connectivity index (χ2v) is 4.93. The molecule has 1 aliphatic carbocycles. The first-order valence-electron chi connectivity index (χ1n) is 9.48. The van der Waals surface area contributed by atoms with Gasteiger partial charge in [0.05, 0.1) is 0 Å². The van der Waals surface area contributed by atoms with Crippen LogP contribution in [0, 0.1) is 11.8 Å². The lowest BCUT2D eigenvalue weighted by Crippen LogP contribution is -1.81. The third kappa shape index (κ3) is 62.7. The van der Waals surface area contributed by atoms with Gasteiger partial charge >= 0.3 is 0 Å². The van der Waals surface area contributed by atoms with Crippen LogP contribution in [-0.4, -0.2) is 0 Å². The molecule has 0 saturated carbocycles. The Morgan fingerprint density at radius 2 is 1.61 bits per heavy atom. The monoisotopic (exact) mass is 324 g/mol. The fourth-order valence-electron chi connectivity index (χ4n) is 1.50. The molecule has 1 aliphatic rings. The first-order chi connectivity index (χ1) is 11.1. The Morgan fingerprint density at radius 1 is 1.13 bits per heavy atom. The molecule has 0 aromatic carbocycles. The zero-order chi connectivity index (χ0) is 19.5. The van der Waals surface area contributed by atoms with Crippen LogP contribution >= 0.6 is 0 Å². The quantitative estimate of drug-likeness (QED) is 0.359. The van der Waals surface area contributed by atoms with Crippen molar-refractivity contribution in [3.8, 4) is 0 Å². The first-order valence-corrected chi connectivity index (χ1v) is 9.48. The SMILES string of the molecule is C=C.C=C/C=C\C.CC.CC.CC1C=CCC1.CCCC(C)C. The van der Waals surface area contributed by atoms with Crippen LogP contribution in [0.15, 0.2) is 50.1 Å². The van der Waals surface area contributed by atoms with E-state index in [-0.39, 0.29) is 0 Å². The normalized spacial score (nSPS) is 13.6. The van der Waals surface area contributed by atoms with Gasteiger partial charge in [-0.1, -0.05) is 105 Å². The molecule has 0 bridgehead atoms. The molecule has 0 aromatic heterocycles. The lowest BCUT2D eigenvalue weighted by molar-refractivity contribution is 0.576. The highest BCUT2D eigenvalue weighted by atomic mass is 14.0. The van der Waals surface area contributed by atoms with E-state index < -0.39 is 0 Å². The number of allylic oxidation sites excluding steroid dienone is 5. The largest absolute Gasteiger partial charge is 0.106 e. The average molecular weight is 325 g/mol. The lowest BCUT2D eigenvalue weighted by Gasteiger charge is -1.95. The van der Waals surface area contributed by atoms with Gasteiger partial charge < -0.3 is 0 Å².